The maximum absolute atomic E-state index is 11.7. The third kappa shape index (κ3) is 3.51. The van der Waals surface area contributed by atoms with E-state index in [0.29, 0.717) is 26.3 Å². The molecule has 0 spiro atoms. The van der Waals surface area contributed by atoms with Crippen LogP contribution in [-0.4, -0.2) is 49.6 Å². The monoisotopic (exact) mass is 214 g/mol. The Kier molecular flexibility index (Phi) is 4.55. The zero-order valence-electron chi connectivity index (χ0n) is 9.23. The Morgan fingerprint density at radius 3 is 2.47 bits per heavy atom. The maximum Gasteiger partial charge on any atom is 0.318 e. The van der Waals surface area contributed by atoms with Crippen molar-refractivity contribution in [3.05, 3.63) is 0 Å². The Bertz CT molecular complexity index is 225. The molecular formula is C10H18N2O3. The van der Waals surface area contributed by atoms with Crippen molar-refractivity contribution in [2.45, 2.75) is 19.9 Å². The highest BCUT2D eigenvalue weighted by Crippen LogP contribution is 2.02. The highest BCUT2D eigenvalue weighted by molar-refractivity contribution is 5.78. The van der Waals surface area contributed by atoms with Gasteiger partial charge in [-0.25, -0.2) is 4.79 Å². The van der Waals surface area contributed by atoms with Gasteiger partial charge in [-0.05, 0) is 5.92 Å². The molecule has 1 saturated heterocycles. The molecule has 0 aromatic heterocycles. The van der Waals surface area contributed by atoms with E-state index in [1.807, 2.05) is 13.8 Å². The van der Waals surface area contributed by atoms with E-state index in [1.54, 1.807) is 4.90 Å². The summed E-state index contributed by atoms with van der Waals surface area (Å²) in [5, 5.41) is 2.70. The molecule has 0 radical (unpaired) electrons. The lowest BCUT2D eigenvalue weighted by Crippen LogP contribution is -2.50. The summed E-state index contributed by atoms with van der Waals surface area (Å²) in [6.07, 6.45) is 0.781. The molecule has 5 nitrogen and oxygen atoms in total. The van der Waals surface area contributed by atoms with Gasteiger partial charge in [0.1, 0.15) is 6.29 Å². The van der Waals surface area contributed by atoms with E-state index >= 15 is 0 Å². The molecule has 1 fully saturated rings. The number of carbonyl (C=O) groups is 2. The molecular weight excluding hydrogens is 196 g/mol. The number of hydrogen-bond donors (Lipinski definition) is 1. The Labute approximate surface area is 89.8 Å². The number of morpholine rings is 1. The average molecular weight is 214 g/mol. The van der Waals surface area contributed by atoms with Gasteiger partial charge in [-0.3, -0.25) is 0 Å². The van der Waals surface area contributed by atoms with E-state index < -0.39 is 6.04 Å². The van der Waals surface area contributed by atoms with Gasteiger partial charge in [-0.1, -0.05) is 13.8 Å². The molecule has 0 saturated carbocycles. The number of ether oxygens (including phenoxy) is 1. The highest BCUT2D eigenvalue weighted by Gasteiger charge is 2.21. The fourth-order valence-electron chi connectivity index (χ4n) is 1.36. The second kappa shape index (κ2) is 5.70. The number of hydrogen-bond acceptors (Lipinski definition) is 3. The third-order valence-corrected chi connectivity index (χ3v) is 2.45. The summed E-state index contributed by atoms with van der Waals surface area (Å²) in [6, 6.07) is -0.579. The molecule has 2 amide bonds. The van der Waals surface area contributed by atoms with E-state index in [9.17, 15) is 9.59 Å². The molecule has 1 N–H and O–H groups in total. The average Bonchev–Trinajstić information content (AvgIpc) is 2.26. The van der Waals surface area contributed by atoms with E-state index in [2.05, 4.69) is 5.32 Å². The zero-order chi connectivity index (χ0) is 11.3. The predicted molar refractivity (Wildman–Crippen MR) is 55.6 cm³/mol. The minimum atomic E-state index is -0.402. The van der Waals surface area contributed by atoms with Crippen LogP contribution in [0.4, 0.5) is 4.79 Å². The number of nitrogens with zero attached hydrogens (tertiary/aromatic N) is 1. The standard InChI is InChI=1S/C10H18N2O3/c1-8(2)9(7-13)11-10(14)12-3-5-15-6-4-12/h7-9H,3-6H2,1-2H3,(H,11,14)/t9-/m1/s1. The Balaban J connectivity index is 2.42. The van der Waals surface area contributed by atoms with Crippen molar-refractivity contribution in [1.82, 2.24) is 10.2 Å². The number of nitrogens with one attached hydrogen (secondary N) is 1. The van der Waals surface area contributed by atoms with Gasteiger partial charge in [0.05, 0.1) is 19.3 Å². The van der Waals surface area contributed by atoms with Crippen molar-refractivity contribution in [2.75, 3.05) is 26.3 Å². The first-order valence-corrected chi connectivity index (χ1v) is 5.23. The molecule has 0 bridgehead atoms. The highest BCUT2D eigenvalue weighted by atomic mass is 16.5. The number of urea groups is 1. The molecule has 15 heavy (non-hydrogen) atoms. The minimum absolute atomic E-state index is 0.118. The summed E-state index contributed by atoms with van der Waals surface area (Å²) in [7, 11) is 0. The van der Waals surface area contributed by atoms with Crippen LogP contribution in [0.5, 0.6) is 0 Å². The van der Waals surface area contributed by atoms with E-state index in [0.717, 1.165) is 6.29 Å². The van der Waals surface area contributed by atoms with Crippen molar-refractivity contribution in [3.63, 3.8) is 0 Å². The fourth-order valence-corrected chi connectivity index (χ4v) is 1.36. The topological polar surface area (TPSA) is 58.6 Å². The summed E-state index contributed by atoms with van der Waals surface area (Å²) in [4.78, 5) is 24.0. The van der Waals surface area contributed by atoms with Crippen LogP contribution in [0, 0.1) is 5.92 Å². The van der Waals surface area contributed by atoms with Crippen LogP contribution < -0.4 is 5.32 Å². The second-order valence-electron chi connectivity index (χ2n) is 3.95. The van der Waals surface area contributed by atoms with Gasteiger partial charge in [0.2, 0.25) is 0 Å². The lowest BCUT2D eigenvalue weighted by Gasteiger charge is -2.28. The van der Waals surface area contributed by atoms with Crippen molar-refractivity contribution in [2.24, 2.45) is 5.92 Å². The van der Waals surface area contributed by atoms with Gasteiger partial charge in [0, 0.05) is 13.1 Å². The van der Waals surface area contributed by atoms with Gasteiger partial charge < -0.3 is 19.7 Å². The smallest absolute Gasteiger partial charge is 0.318 e. The van der Waals surface area contributed by atoms with Crippen molar-refractivity contribution < 1.29 is 14.3 Å². The number of aldehydes is 1. The zero-order valence-corrected chi connectivity index (χ0v) is 9.23. The van der Waals surface area contributed by atoms with Crippen LogP contribution >= 0.6 is 0 Å². The summed E-state index contributed by atoms with van der Waals surface area (Å²) in [6.45, 7) is 6.13. The second-order valence-corrected chi connectivity index (χ2v) is 3.95. The van der Waals surface area contributed by atoms with Gasteiger partial charge in [-0.2, -0.15) is 0 Å². The van der Waals surface area contributed by atoms with Gasteiger partial charge in [0.15, 0.2) is 0 Å². The maximum atomic E-state index is 11.7. The van der Waals surface area contributed by atoms with Gasteiger partial charge in [0.25, 0.3) is 0 Å². The third-order valence-electron chi connectivity index (χ3n) is 2.45. The summed E-state index contributed by atoms with van der Waals surface area (Å²) in [5.41, 5.74) is 0. The van der Waals surface area contributed by atoms with Crippen LogP contribution in [0.25, 0.3) is 0 Å². The predicted octanol–water partition coefficient (Wildman–Crippen LogP) is 0.252. The van der Waals surface area contributed by atoms with Crippen molar-refractivity contribution in [1.29, 1.82) is 0 Å². The largest absolute Gasteiger partial charge is 0.378 e. The van der Waals surface area contributed by atoms with Gasteiger partial charge in [-0.15, -0.1) is 0 Å². The van der Waals surface area contributed by atoms with Crippen molar-refractivity contribution in [3.8, 4) is 0 Å². The van der Waals surface area contributed by atoms with E-state index in [4.69, 9.17) is 4.74 Å². The number of carbonyl (C=O) groups excluding carboxylic acids is 2. The van der Waals surface area contributed by atoms with Crippen LogP contribution in [0.2, 0.25) is 0 Å². The molecule has 0 aromatic carbocycles. The lowest BCUT2D eigenvalue weighted by molar-refractivity contribution is -0.110. The molecule has 86 valence electrons. The lowest BCUT2D eigenvalue weighted by atomic mass is 10.1. The summed E-state index contributed by atoms with van der Waals surface area (Å²) in [5.74, 6) is 0.118. The van der Waals surface area contributed by atoms with Crippen molar-refractivity contribution >= 4 is 12.3 Å². The fraction of sp³-hybridized carbons (Fsp3) is 0.800. The Hall–Kier alpha value is -1.10. The van der Waals surface area contributed by atoms with Crippen LogP contribution in [-0.2, 0) is 9.53 Å². The Morgan fingerprint density at radius 1 is 1.40 bits per heavy atom. The van der Waals surface area contributed by atoms with E-state index in [1.165, 1.54) is 0 Å². The van der Waals surface area contributed by atoms with Crippen LogP contribution in [0.15, 0.2) is 0 Å². The van der Waals surface area contributed by atoms with Crippen LogP contribution in [0.1, 0.15) is 13.8 Å². The molecule has 0 aromatic rings. The summed E-state index contributed by atoms with van der Waals surface area (Å²) >= 11 is 0. The first kappa shape index (κ1) is 12.0. The summed E-state index contributed by atoms with van der Waals surface area (Å²) < 4.78 is 5.14. The van der Waals surface area contributed by atoms with E-state index in [-0.39, 0.29) is 11.9 Å². The molecule has 0 aliphatic carbocycles. The van der Waals surface area contributed by atoms with Crippen LogP contribution in [0.3, 0.4) is 0 Å². The molecule has 5 heteroatoms. The normalized spacial score (nSPS) is 18.7. The molecule has 1 rings (SSSR count). The number of rotatable bonds is 3. The minimum Gasteiger partial charge on any atom is -0.378 e. The quantitative estimate of drug-likeness (QED) is 0.685. The first-order chi connectivity index (χ1) is 7.15. The SMILES string of the molecule is CC(C)[C@@H](C=O)NC(=O)N1CCOCC1. The molecule has 1 aliphatic rings. The molecule has 1 heterocycles. The molecule has 0 unspecified atom stereocenters. The van der Waals surface area contributed by atoms with Gasteiger partial charge >= 0.3 is 6.03 Å². The first-order valence-electron chi connectivity index (χ1n) is 5.23. The number of amides is 2. The Morgan fingerprint density at radius 2 is 2.00 bits per heavy atom. The molecule has 1 atom stereocenters. The molecule has 1 aliphatic heterocycles.